The molecule has 1 unspecified atom stereocenters. The van der Waals surface area contributed by atoms with Gasteiger partial charge in [-0.15, -0.1) is 0 Å². The summed E-state index contributed by atoms with van der Waals surface area (Å²) in [5, 5.41) is 10.0. The number of hydrogen-bond donors (Lipinski definition) is 1. The number of carboxylic acids is 1. The van der Waals surface area contributed by atoms with Gasteiger partial charge in [-0.2, -0.15) is 0 Å². The summed E-state index contributed by atoms with van der Waals surface area (Å²) in [6, 6.07) is 7.39. The van der Waals surface area contributed by atoms with Crippen LogP contribution in [-0.2, 0) is 9.59 Å². The SMILES string of the molecule is Cc1c(C(=O)N(C)CC(=O)N2CCCC(C(=O)O)C2)oc2ccccc12. The van der Waals surface area contributed by atoms with Gasteiger partial charge in [-0.3, -0.25) is 14.4 Å². The van der Waals surface area contributed by atoms with Crippen molar-refractivity contribution in [3.63, 3.8) is 0 Å². The molecule has 1 fully saturated rings. The van der Waals surface area contributed by atoms with E-state index in [2.05, 4.69) is 0 Å². The van der Waals surface area contributed by atoms with Gasteiger partial charge in [-0.1, -0.05) is 18.2 Å². The molecule has 138 valence electrons. The number of carboxylic acid groups (broad SMARTS) is 1. The number of fused-ring (bicyclic) bond motifs is 1. The fourth-order valence-electron chi connectivity index (χ4n) is 3.33. The van der Waals surface area contributed by atoms with Crippen LogP contribution in [0.3, 0.4) is 0 Å². The highest BCUT2D eigenvalue weighted by Crippen LogP contribution is 2.25. The molecular weight excluding hydrogens is 336 g/mol. The van der Waals surface area contributed by atoms with Crippen molar-refractivity contribution >= 4 is 28.8 Å². The lowest BCUT2D eigenvalue weighted by atomic mass is 9.98. The van der Waals surface area contributed by atoms with E-state index in [1.165, 1.54) is 9.80 Å². The van der Waals surface area contributed by atoms with Crippen LogP contribution in [0.1, 0.15) is 29.0 Å². The Hall–Kier alpha value is -2.83. The Morgan fingerprint density at radius 2 is 2.04 bits per heavy atom. The molecule has 2 aromatic rings. The van der Waals surface area contributed by atoms with Crippen LogP contribution in [-0.4, -0.2) is 59.4 Å². The molecule has 1 aromatic carbocycles. The molecule has 0 radical (unpaired) electrons. The molecule has 26 heavy (non-hydrogen) atoms. The number of benzene rings is 1. The molecule has 0 saturated carbocycles. The van der Waals surface area contributed by atoms with Gasteiger partial charge >= 0.3 is 5.97 Å². The maximum Gasteiger partial charge on any atom is 0.308 e. The van der Waals surface area contributed by atoms with Crippen molar-refractivity contribution in [3.05, 3.63) is 35.6 Å². The molecule has 7 nitrogen and oxygen atoms in total. The second-order valence-corrected chi connectivity index (χ2v) is 6.73. The zero-order chi connectivity index (χ0) is 18.8. The van der Waals surface area contributed by atoms with E-state index in [1.54, 1.807) is 13.1 Å². The largest absolute Gasteiger partial charge is 0.481 e. The number of likely N-dealkylation sites (tertiary alicyclic amines) is 1. The number of carbonyl (C=O) groups excluding carboxylic acids is 2. The fourth-order valence-corrected chi connectivity index (χ4v) is 3.33. The van der Waals surface area contributed by atoms with Crippen molar-refractivity contribution < 1.29 is 23.9 Å². The van der Waals surface area contributed by atoms with Crippen LogP contribution >= 0.6 is 0 Å². The van der Waals surface area contributed by atoms with Gasteiger partial charge in [-0.05, 0) is 25.8 Å². The number of aliphatic carboxylic acids is 1. The topological polar surface area (TPSA) is 91.1 Å². The summed E-state index contributed by atoms with van der Waals surface area (Å²) in [7, 11) is 1.55. The first-order valence-corrected chi connectivity index (χ1v) is 8.62. The van der Waals surface area contributed by atoms with Crippen molar-refractivity contribution in [2.24, 2.45) is 5.92 Å². The number of nitrogens with zero attached hydrogens (tertiary/aromatic N) is 2. The summed E-state index contributed by atoms with van der Waals surface area (Å²) in [5.74, 6) is -1.81. The Morgan fingerprint density at radius 3 is 2.73 bits per heavy atom. The number of furan rings is 1. The maximum absolute atomic E-state index is 12.7. The highest BCUT2D eigenvalue weighted by molar-refractivity contribution is 6.00. The predicted octanol–water partition coefficient (Wildman–Crippen LogP) is 2.14. The summed E-state index contributed by atoms with van der Waals surface area (Å²) in [5.41, 5.74) is 1.38. The minimum Gasteiger partial charge on any atom is -0.481 e. The molecular formula is C19H22N2O5. The standard InChI is InChI=1S/C19H22N2O5/c1-12-14-7-3-4-8-15(14)26-17(12)18(23)20(2)11-16(22)21-9-5-6-13(10-21)19(24)25/h3-4,7-8,13H,5-6,9-11H2,1-2H3,(H,24,25). The normalized spacial score (nSPS) is 17.3. The van der Waals surface area contributed by atoms with Crippen LogP contribution < -0.4 is 0 Å². The van der Waals surface area contributed by atoms with Gasteiger partial charge in [0.1, 0.15) is 5.58 Å². The average Bonchev–Trinajstić information content (AvgIpc) is 2.98. The molecule has 3 rings (SSSR count). The summed E-state index contributed by atoms with van der Waals surface area (Å²) in [6.07, 6.45) is 1.23. The van der Waals surface area contributed by atoms with E-state index < -0.39 is 11.9 Å². The van der Waals surface area contributed by atoms with E-state index in [0.717, 1.165) is 10.9 Å². The molecule has 2 amide bonds. The Kier molecular flexibility index (Phi) is 4.97. The highest BCUT2D eigenvalue weighted by Gasteiger charge is 2.30. The molecule has 0 aliphatic carbocycles. The lowest BCUT2D eigenvalue weighted by molar-refractivity contribution is -0.145. The second-order valence-electron chi connectivity index (χ2n) is 6.73. The lowest BCUT2D eigenvalue weighted by Crippen LogP contribution is -2.46. The van der Waals surface area contributed by atoms with E-state index in [-0.39, 0.29) is 30.7 Å². The van der Waals surface area contributed by atoms with Gasteiger partial charge in [0.25, 0.3) is 5.91 Å². The Labute approximate surface area is 151 Å². The number of rotatable bonds is 4. The first-order valence-electron chi connectivity index (χ1n) is 8.62. The third kappa shape index (κ3) is 3.42. The van der Waals surface area contributed by atoms with Crippen molar-refractivity contribution in [2.45, 2.75) is 19.8 Å². The van der Waals surface area contributed by atoms with Crippen LogP contribution in [0.15, 0.2) is 28.7 Å². The minimum atomic E-state index is -0.884. The summed E-state index contributed by atoms with van der Waals surface area (Å²) in [4.78, 5) is 39.2. The fraction of sp³-hybridized carbons (Fsp3) is 0.421. The van der Waals surface area contributed by atoms with E-state index in [0.29, 0.717) is 25.0 Å². The lowest BCUT2D eigenvalue weighted by Gasteiger charge is -2.31. The maximum atomic E-state index is 12.7. The number of para-hydroxylation sites is 1. The Bertz CT molecular complexity index is 857. The van der Waals surface area contributed by atoms with Gasteiger partial charge in [-0.25, -0.2) is 0 Å². The predicted molar refractivity (Wildman–Crippen MR) is 94.9 cm³/mol. The van der Waals surface area contributed by atoms with Crippen molar-refractivity contribution in [2.75, 3.05) is 26.7 Å². The highest BCUT2D eigenvalue weighted by atomic mass is 16.4. The van der Waals surface area contributed by atoms with E-state index in [4.69, 9.17) is 9.52 Å². The Balaban J connectivity index is 1.69. The molecule has 1 saturated heterocycles. The second kappa shape index (κ2) is 7.19. The van der Waals surface area contributed by atoms with Gasteiger partial charge in [0, 0.05) is 31.1 Å². The zero-order valence-electron chi connectivity index (χ0n) is 14.9. The quantitative estimate of drug-likeness (QED) is 0.904. The van der Waals surface area contributed by atoms with Crippen molar-refractivity contribution in [3.8, 4) is 0 Å². The number of amides is 2. The molecule has 1 aliphatic heterocycles. The van der Waals surface area contributed by atoms with Gasteiger partial charge in [0.05, 0.1) is 12.5 Å². The van der Waals surface area contributed by atoms with Crippen LogP contribution in [0.2, 0.25) is 0 Å². The molecule has 1 N–H and O–H groups in total. The van der Waals surface area contributed by atoms with Crippen LogP contribution in [0.25, 0.3) is 11.0 Å². The first kappa shape index (κ1) is 18.0. The first-order chi connectivity index (χ1) is 12.4. The van der Waals surface area contributed by atoms with Crippen LogP contribution in [0, 0.1) is 12.8 Å². The van der Waals surface area contributed by atoms with E-state index >= 15 is 0 Å². The third-order valence-electron chi connectivity index (χ3n) is 4.88. The smallest absolute Gasteiger partial charge is 0.308 e. The number of aryl methyl sites for hydroxylation is 1. The Morgan fingerprint density at radius 1 is 1.31 bits per heavy atom. The molecule has 1 aromatic heterocycles. The number of hydrogen-bond acceptors (Lipinski definition) is 4. The van der Waals surface area contributed by atoms with Crippen LogP contribution in [0.4, 0.5) is 0 Å². The zero-order valence-corrected chi connectivity index (χ0v) is 14.9. The summed E-state index contributed by atoms with van der Waals surface area (Å²) >= 11 is 0. The van der Waals surface area contributed by atoms with Crippen molar-refractivity contribution in [1.29, 1.82) is 0 Å². The monoisotopic (exact) mass is 358 g/mol. The molecule has 0 bridgehead atoms. The van der Waals surface area contributed by atoms with Crippen LogP contribution in [0.5, 0.6) is 0 Å². The van der Waals surface area contributed by atoms with E-state index in [1.807, 2.05) is 25.1 Å². The number of likely N-dealkylation sites (N-methyl/N-ethyl adjacent to an activating group) is 1. The molecule has 7 heteroatoms. The van der Waals surface area contributed by atoms with Crippen molar-refractivity contribution in [1.82, 2.24) is 9.80 Å². The van der Waals surface area contributed by atoms with Gasteiger partial charge in [0.2, 0.25) is 5.91 Å². The van der Waals surface area contributed by atoms with Gasteiger partial charge < -0.3 is 19.3 Å². The molecule has 1 aliphatic rings. The average molecular weight is 358 g/mol. The summed E-state index contributed by atoms with van der Waals surface area (Å²) in [6.45, 7) is 2.42. The minimum absolute atomic E-state index is 0.109. The third-order valence-corrected chi connectivity index (χ3v) is 4.88. The van der Waals surface area contributed by atoms with Gasteiger partial charge in [0.15, 0.2) is 5.76 Å². The summed E-state index contributed by atoms with van der Waals surface area (Å²) < 4.78 is 5.66. The molecule has 0 spiro atoms. The van der Waals surface area contributed by atoms with E-state index in [9.17, 15) is 14.4 Å². The number of piperidine rings is 1. The molecule has 1 atom stereocenters. The molecule has 2 heterocycles. The number of carbonyl (C=O) groups is 3.